The largest absolute Gasteiger partial charge is 0.305 e. The highest BCUT2D eigenvalue weighted by atomic mass is 79.9. The molecule has 1 aromatic carbocycles. The lowest BCUT2D eigenvalue weighted by Crippen LogP contribution is -2.19. The second-order valence-electron chi connectivity index (χ2n) is 4.24. The fourth-order valence-electron chi connectivity index (χ4n) is 1.72. The van der Waals surface area contributed by atoms with Gasteiger partial charge in [0.05, 0.1) is 5.69 Å². The van der Waals surface area contributed by atoms with E-state index in [9.17, 15) is 4.39 Å². The van der Waals surface area contributed by atoms with E-state index in [-0.39, 0.29) is 11.9 Å². The van der Waals surface area contributed by atoms with Gasteiger partial charge in [0.1, 0.15) is 5.82 Å². The van der Waals surface area contributed by atoms with Gasteiger partial charge in [0.15, 0.2) is 0 Å². The van der Waals surface area contributed by atoms with Crippen molar-refractivity contribution in [3.8, 4) is 0 Å². The summed E-state index contributed by atoms with van der Waals surface area (Å²) in [6, 6.07) is 8.64. The van der Waals surface area contributed by atoms with Gasteiger partial charge in [0.2, 0.25) is 0 Å². The zero-order chi connectivity index (χ0) is 13.8. The van der Waals surface area contributed by atoms with E-state index in [2.05, 4.69) is 42.2 Å². The second kappa shape index (κ2) is 6.59. The Kier molecular flexibility index (Phi) is 5.07. The van der Waals surface area contributed by atoms with E-state index in [1.54, 1.807) is 18.3 Å². The molecule has 0 bridgehead atoms. The van der Waals surface area contributed by atoms with Crippen molar-refractivity contribution in [3.63, 3.8) is 0 Å². The van der Waals surface area contributed by atoms with Gasteiger partial charge in [-0.15, -0.1) is 0 Å². The zero-order valence-electron chi connectivity index (χ0n) is 10.3. The number of rotatable bonds is 4. The number of nitrogens with zero attached hydrogens (tertiary/aromatic N) is 1. The van der Waals surface area contributed by atoms with Crippen LogP contribution in [-0.2, 0) is 6.54 Å². The first kappa shape index (κ1) is 14.6. The minimum Gasteiger partial charge on any atom is -0.305 e. The number of hydrogen-bond donors (Lipinski definition) is 1. The van der Waals surface area contributed by atoms with Gasteiger partial charge in [-0.05, 0) is 62.5 Å². The number of benzene rings is 1. The molecule has 0 aliphatic heterocycles. The second-order valence-corrected chi connectivity index (χ2v) is 6.01. The Morgan fingerprint density at radius 1 is 1.32 bits per heavy atom. The van der Waals surface area contributed by atoms with Crippen molar-refractivity contribution in [1.82, 2.24) is 10.3 Å². The predicted octanol–water partition coefficient (Wildman–Crippen LogP) is 4.60. The van der Waals surface area contributed by atoms with Crippen molar-refractivity contribution >= 4 is 31.9 Å². The van der Waals surface area contributed by atoms with E-state index in [0.29, 0.717) is 6.54 Å². The molecular formula is C14H13Br2FN2. The molecule has 19 heavy (non-hydrogen) atoms. The summed E-state index contributed by atoms with van der Waals surface area (Å²) >= 11 is 6.84. The van der Waals surface area contributed by atoms with Crippen molar-refractivity contribution in [2.45, 2.75) is 19.5 Å². The van der Waals surface area contributed by atoms with Gasteiger partial charge in [-0.3, -0.25) is 4.98 Å². The van der Waals surface area contributed by atoms with Gasteiger partial charge in [0, 0.05) is 27.7 Å². The normalized spacial score (nSPS) is 12.4. The van der Waals surface area contributed by atoms with E-state index in [0.717, 1.165) is 20.2 Å². The lowest BCUT2D eigenvalue weighted by Gasteiger charge is -2.14. The van der Waals surface area contributed by atoms with E-state index >= 15 is 0 Å². The molecule has 2 nitrogen and oxygen atoms in total. The summed E-state index contributed by atoms with van der Waals surface area (Å²) in [5.41, 5.74) is 1.85. The molecule has 1 unspecified atom stereocenters. The lowest BCUT2D eigenvalue weighted by molar-refractivity contribution is 0.558. The monoisotopic (exact) mass is 386 g/mol. The van der Waals surface area contributed by atoms with Gasteiger partial charge in [0.25, 0.3) is 0 Å². The number of halogens is 3. The van der Waals surface area contributed by atoms with Crippen molar-refractivity contribution in [2.24, 2.45) is 0 Å². The topological polar surface area (TPSA) is 24.9 Å². The third-order valence-electron chi connectivity index (χ3n) is 2.81. The molecule has 0 aliphatic rings. The van der Waals surface area contributed by atoms with E-state index in [4.69, 9.17) is 0 Å². The molecular weight excluding hydrogens is 375 g/mol. The molecule has 2 rings (SSSR count). The molecule has 5 heteroatoms. The first-order valence-electron chi connectivity index (χ1n) is 5.85. The Labute approximate surface area is 128 Å². The van der Waals surface area contributed by atoms with E-state index < -0.39 is 0 Å². The Hall–Kier alpha value is -0.780. The fraction of sp³-hybridized carbons (Fsp3) is 0.214. The van der Waals surface area contributed by atoms with Gasteiger partial charge in [-0.2, -0.15) is 0 Å². The summed E-state index contributed by atoms with van der Waals surface area (Å²) in [6.07, 6.45) is 1.76. The first-order valence-corrected chi connectivity index (χ1v) is 7.43. The summed E-state index contributed by atoms with van der Waals surface area (Å²) in [4.78, 5) is 4.33. The molecule has 2 aromatic rings. The maximum Gasteiger partial charge on any atom is 0.123 e. The van der Waals surface area contributed by atoms with Crippen molar-refractivity contribution in [3.05, 3.63) is 62.5 Å². The standard InChI is InChI=1S/C14H13Br2FN2/c1-9(10-3-2-4-12(17)5-10)18-8-14-13(16)6-11(15)7-19-14/h2-7,9,18H,8H2,1H3. The van der Waals surface area contributed by atoms with Crippen LogP contribution in [0.15, 0.2) is 45.5 Å². The van der Waals surface area contributed by atoms with Crippen LogP contribution in [0.2, 0.25) is 0 Å². The van der Waals surface area contributed by atoms with Crippen LogP contribution in [0, 0.1) is 5.82 Å². The Balaban J connectivity index is 2.02. The third kappa shape index (κ3) is 4.09. The van der Waals surface area contributed by atoms with Crippen molar-refractivity contribution in [1.29, 1.82) is 0 Å². The van der Waals surface area contributed by atoms with Gasteiger partial charge in [-0.25, -0.2) is 4.39 Å². The summed E-state index contributed by atoms with van der Waals surface area (Å²) < 4.78 is 15.0. The number of aromatic nitrogens is 1. The molecule has 0 aliphatic carbocycles. The molecule has 0 saturated heterocycles. The van der Waals surface area contributed by atoms with Crippen LogP contribution in [0.25, 0.3) is 0 Å². The highest BCUT2D eigenvalue weighted by molar-refractivity contribution is 9.11. The van der Waals surface area contributed by atoms with Crippen LogP contribution in [0.3, 0.4) is 0 Å². The maximum atomic E-state index is 13.1. The fourth-order valence-corrected chi connectivity index (χ4v) is 2.84. The molecule has 0 fully saturated rings. The third-order valence-corrected chi connectivity index (χ3v) is 3.93. The van der Waals surface area contributed by atoms with Gasteiger partial charge in [-0.1, -0.05) is 12.1 Å². The lowest BCUT2D eigenvalue weighted by atomic mass is 10.1. The molecule has 0 spiro atoms. The van der Waals surface area contributed by atoms with E-state index in [1.165, 1.54) is 6.07 Å². The summed E-state index contributed by atoms with van der Waals surface area (Å²) in [7, 11) is 0. The Morgan fingerprint density at radius 3 is 2.79 bits per heavy atom. The molecule has 0 saturated carbocycles. The van der Waals surface area contributed by atoms with E-state index in [1.807, 2.05) is 19.1 Å². The number of hydrogen-bond acceptors (Lipinski definition) is 2. The van der Waals surface area contributed by atoms with Gasteiger partial charge < -0.3 is 5.32 Å². The minimum absolute atomic E-state index is 0.0630. The number of pyridine rings is 1. The van der Waals surface area contributed by atoms with Crippen LogP contribution < -0.4 is 5.32 Å². The van der Waals surface area contributed by atoms with Crippen molar-refractivity contribution < 1.29 is 4.39 Å². The summed E-state index contributed by atoms with van der Waals surface area (Å²) in [5.74, 6) is -0.214. The predicted molar refractivity (Wildman–Crippen MR) is 81.3 cm³/mol. The summed E-state index contributed by atoms with van der Waals surface area (Å²) in [5, 5.41) is 3.33. The van der Waals surface area contributed by atoms with Crippen LogP contribution >= 0.6 is 31.9 Å². The molecule has 0 radical (unpaired) electrons. The Bertz CT molecular complexity index is 575. The van der Waals surface area contributed by atoms with Gasteiger partial charge >= 0.3 is 0 Å². The molecule has 1 N–H and O–H groups in total. The first-order chi connectivity index (χ1) is 9.06. The van der Waals surface area contributed by atoms with Crippen LogP contribution in [-0.4, -0.2) is 4.98 Å². The molecule has 1 aromatic heterocycles. The molecule has 1 atom stereocenters. The maximum absolute atomic E-state index is 13.1. The van der Waals surface area contributed by atoms with Crippen molar-refractivity contribution in [2.75, 3.05) is 0 Å². The Morgan fingerprint density at radius 2 is 2.11 bits per heavy atom. The highest BCUT2D eigenvalue weighted by Gasteiger charge is 2.08. The molecule has 100 valence electrons. The number of nitrogens with one attached hydrogen (secondary N) is 1. The average Bonchev–Trinajstić information content (AvgIpc) is 2.37. The zero-order valence-corrected chi connectivity index (χ0v) is 13.5. The minimum atomic E-state index is -0.214. The van der Waals surface area contributed by atoms with Crippen LogP contribution in [0.1, 0.15) is 24.2 Å². The summed E-state index contributed by atoms with van der Waals surface area (Å²) in [6.45, 7) is 2.62. The van der Waals surface area contributed by atoms with Crippen LogP contribution in [0.5, 0.6) is 0 Å². The average molecular weight is 388 g/mol. The SMILES string of the molecule is CC(NCc1ncc(Br)cc1Br)c1cccc(F)c1. The molecule has 0 amide bonds. The highest BCUT2D eigenvalue weighted by Crippen LogP contribution is 2.20. The smallest absolute Gasteiger partial charge is 0.123 e. The quantitative estimate of drug-likeness (QED) is 0.829. The van der Waals surface area contributed by atoms with Crippen LogP contribution in [0.4, 0.5) is 4.39 Å². The molecule has 1 heterocycles.